The maximum absolute atomic E-state index is 12.2. The van der Waals surface area contributed by atoms with Crippen LogP contribution in [-0.2, 0) is 0 Å². The zero-order valence-electron chi connectivity index (χ0n) is 11.5. The largest absolute Gasteiger partial charge is 0.390 e. The van der Waals surface area contributed by atoms with Gasteiger partial charge in [0.2, 0.25) is 0 Å². The third-order valence-corrected chi connectivity index (χ3v) is 3.40. The molecular weight excluding hydrogens is 253 g/mol. The number of nitrogens with zero attached hydrogens (tertiary/aromatic N) is 1. The van der Waals surface area contributed by atoms with Crippen LogP contribution in [0.3, 0.4) is 0 Å². The zero-order valence-corrected chi connectivity index (χ0v) is 11.5. The van der Waals surface area contributed by atoms with E-state index >= 15 is 0 Å². The van der Waals surface area contributed by atoms with Crippen molar-refractivity contribution in [1.82, 2.24) is 10.2 Å². The van der Waals surface area contributed by atoms with E-state index < -0.39 is 12.6 Å². The average Bonchev–Trinajstić information content (AvgIpc) is 2.37. The highest BCUT2D eigenvalue weighted by molar-refractivity contribution is 5.20. The standard InChI is InChI=1S/C14H21F3N2/c1-11(19(3)10-9-14(15,16)17)13(18-2)12-7-5-4-6-8-12/h4-8,11,13,18H,9-10H2,1-3H3. The maximum atomic E-state index is 12.2. The Hall–Kier alpha value is -1.07. The highest BCUT2D eigenvalue weighted by Gasteiger charge is 2.29. The van der Waals surface area contributed by atoms with Crippen molar-refractivity contribution in [2.45, 2.75) is 31.6 Å². The maximum Gasteiger partial charge on any atom is 0.390 e. The lowest BCUT2D eigenvalue weighted by Crippen LogP contribution is -2.41. The summed E-state index contributed by atoms with van der Waals surface area (Å²) in [5.41, 5.74) is 1.08. The van der Waals surface area contributed by atoms with Gasteiger partial charge >= 0.3 is 6.18 Å². The fourth-order valence-electron chi connectivity index (χ4n) is 2.11. The van der Waals surface area contributed by atoms with Crippen molar-refractivity contribution in [3.8, 4) is 0 Å². The first-order valence-electron chi connectivity index (χ1n) is 6.34. The molecule has 19 heavy (non-hydrogen) atoms. The van der Waals surface area contributed by atoms with Gasteiger partial charge in [0.25, 0.3) is 0 Å². The van der Waals surface area contributed by atoms with Gasteiger partial charge in [-0.2, -0.15) is 13.2 Å². The molecule has 108 valence electrons. The molecule has 0 bridgehead atoms. The van der Waals surface area contributed by atoms with E-state index in [1.54, 1.807) is 11.9 Å². The predicted molar refractivity (Wildman–Crippen MR) is 71.0 cm³/mol. The van der Waals surface area contributed by atoms with Gasteiger partial charge in [-0.15, -0.1) is 0 Å². The molecule has 1 aromatic rings. The summed E-state index contributed by atoms with van der Waals surface area (Å²) in [5.74, 6) is 0. The minimum atomic E-state index is -4.10. The summed E-state index contributed by atoms with van der Waals surface area (Å²) < 4.78 is 36.7. The number of nitrogens with one attached hydrogen (secondary N) is 1. The van der Waals surface area contributed by atoms with Crippen LogP contribution >= 0.6 is 0 Å². The molecule has 0 aliphatic heterocycles. The second-order valence-corrected chi connectivity index (χ2v) is 4.76. The van der Waals surface area contributed by atoms with E-state index in [1.165, 1.54) is 0 Å². The van der Waals surface area contributed by atoms with Crippen molar-refractivity contribution < 1.29 is 13.2 Å². The number of rotatable bonds is 6. The van der Waals surface area contributed by atoms with E-state index in [1.807, 2.05) is 44.3 Å². The molecule has 2 nitrogen and oxygen atoms in total. The second kappa shape index (κ2) is 6.91. The highest BCUT2D eigenvalue weighted by Crippen LogP contribution is 2.23. The quantitative estimate of drug-likeness (QED) is 0.857. The molecule has 1 aromatic carbocycles. The Morgan fingerprint density at radius 3 is 2.26 bits per heavy atom. The van der Waals surface area contributed by atoms with Crippen LogP contribution in [0.1, 0.15) is 24.9 Å². The number of hydrogen-bond acceptors (Lipinski definition) is 2. The Kier molecular flexibility index (Phi) is 5.82. The summed E-state index contributed by atoms with van der Waals surface area (Å²) in [7, 11) is 3.55. The Morgan fingerprint density at radius 2 is 1.79 bits per heavy atom. The van der Waals surface area contributed by atoms with E-state index in [0.717, 1.165) is 5.56 Å². The first-order chi connectivity index (χ1) is 8.85. The van der Waals surface area contributed by atoms with Gasteiger partial charge in [0.1, 0.15) is 0 Å². The van der Waals surface area contributed by atoms with E-state index in [-0.39, 0.29) is 18.6 Å². The third-order valence-electron chi connectivity index (χ3n) is 3.40. The van der Waals surface area contributed by atoms with Crippen LogP contribution in [0.15, 0.2) is 30.3 Å². The molecule has 2 unspecified atom stereocenters. The average molecular weight is 274 g/mol. The minimum Gasteiger partial charge on any atom is -0.312 e. The molecule has 0 spiro atoms. The van der Waals surface area contributed by atoms with Crippen LogP contribution in [0.2, 0.25) is 0 Å². The van der Waals surface area contributed by atoms with Gasteiger partial charge in [-0.1, -0.05) is 30.3 Å². The fourth-order valence-corrected chi connectivity index (χ4v) is 2.11. The Bertz CT molecular complexity index is 365. The number of alkyl halides is 3. The van der Waals surface area contributed by atoms with E-state index in [0.29, 0.717) is 0 Å². The van der Waals surface area contributed by atoms with Gasteiger partial charge in [0, 0.05) is 18.6 Å². The van der Waals surface area contributed by atoms with Crippen LogP contribution in [-0.4, -0.2) is 37.8 Å². The molecule has 0 heterocycles. The molecule has 0 radical (unpaired) electrons. The van der Waals surface area contributed by atoms with Crippen molar-refractivity contribution in [3.05, 3.63) is 35.9 Å². The summed E-state index contributed by atoms with van der Waals surface area (Å²) >= 11 is 0. The highest BCUT2D eigenvalue weighted by atomic mass is 19.4. The topological polar surface area (TPSA) is 15.3 Å². The van der Waals surface area contributed by atoms with Crippen LogP contribution < -0.4 is 5.32 Å². The van der Waals surface area contributed by atoms with E-state index in [4.69, 9.17) is 0 Å². The van der Waals surface area contributed by atoms with Crippen molar-refractivity contribution in [3.63, 3.8) is 0 Å². The Labute approximate surface area is 112 Å². The molecule has 0 amide bonds. The molecule has 1 N–H and O–H groups in total. The van der Waals surface area contributed by atoms with Crippen molar-refractivity contribution in [2.24, 2.45) is 0 Å². The monoisotopic (exact) mass is 274 g/mol. The zero-order chi connectivity index (χ0) is 14.5. The number of hydrogen-bond donors (Lipinski definition) is 1. The van der Waals surface area contributed by atoms with Gasteiger partial charge in [-0.3, -0.25) is 0 Å². The lowest BCUT2D eigenvalue weighted by molar-refractivity contribution is -0.138. The summed E-state index contributed by atoms with van der Waals surface area (Å²) in [6, 6.07) is 9.75. The van der Waals surface area contributed by atoms with E-state index in [9.17, 15) is 13.2 Å². The molecule has 0 saturated heterocycles. The minimum absolute atomic E-state index is 0.00960. The first-order valence-corrected chi connectivity index (χ1v) is 6.34. The van der Waals surface area contributed by atoms with Crippen LogP contribution in [0, 0.1) is 0 Å². The molecule has 0 aromatic heterocycles. The second-order valence-electron chi connectivity index (χ2n) is 4.76. The SMILES string of the molecule is CNC(c1ccccc1)C(C)N(C)CCC(F)(F)F. The molecule has 1 rings (SSSR count). The van der Waals surface area contributed by atoms with Crippen LogP contribution in [0.4, 0.5) is 13.2 Å². The molecule has 0 aliphatic carbocycles. The predicted octanol–water partition coefficient (Wildman–Crippen LogP) is 3.22. The Balaban J connectivity index is 2.66. The Morgan fingerprint density at radius 1 is 1.21 bits per heavy atom. The third kappa shape index (κ3) is 5.20. The lowest BCUT2D eigenvalue weighted by atomic mass is 9.99. The van der Waals surface area contributed by atoms with Crippen LogP contribution in [0.25, 0.3) is 0 Å². The summed E-state index contributed by atoms with van der Waals surface area (Å²) in [6.45, 7) is 1.94. The normalized spacial score (nSPS) is 15.5. The van der Waals surface area contributed by atoms with Gasteiger partial charge in [-0.25, -0.2) is 0 Å². The molecular formula is C14H21F3N2. The number of benzene rings is 1. The molecule has 5 heteroatoms. The van der Waals surface area contributed by atoms with Crippen LogP contribution in [0.5, 0.6) is 0 Å². The lowest BCUT2D eigenvalue weighted by Gasteiger charge is -2.32. The van der Waals surface area contributed by atoms with Crippen molar-refractivity contribution in [2.75, 3.05) is 20.6 Å². The fraction of sp³-hybridized carbons (Fsp3) is 0.571. The first kappa shape index (κ1) is 16.0. The van der Waals surface area contributed by atoms with Gasteiger partial charge in [0.15, 0.2) is 0 Å². The molecule has 0 aliphatic rings. The molecule has 0 saturated carbocycles. The van der Waals surface area contributed by atoms with Crippen molar-refractivity contribution in [1.29, 1.82) is 0 Å². The van der Waals surface area contributed by atoms with E-state index in [2.05, 4.69) is 5.32 Å². The summed E-state index contributed by atoms with van der Waals surface area (Å²) in [6.07, 6.45) is -4.88. The number of likely N-dealkylation sites (N-methyl/N-ethyl adjacent to an activating group) is 2. The smallest absolute Gasteiger partial charge is 0.312 e. The summed E-state index contributed by atoms with van der Waals surface area (Å²) in [4.78, 5) is 1.74. The van der Waals surface area contributed by atoms with Gasteiger partial charge in [-0.05, 0) is 26.6 Å². The molecule has 2 atom stereocenters. The van der Waals surface area contributed by atoms with Crippen molar-refractivity contribution >= 4 is 0 Å². The van der Waals surface area contributed by atoms with Gasteiger partial charge < -0.3 is 10.2 Å². The molecule has 0 fully saturated rings. The number of halogens is 3. The van der Waals surface area contributed by atoms with Gasteiger partial charge in [0.05, 0.1) is 6.42 Å². The summed E-state index contributed by atoms with van der Waals surface area (Å²) in [5, 5.41) is 3.17.